The van der Waals surface area contributed by atoms with Crippen molar-refractivity contribution in [1.82, 2.24) is 14.5 Å². The Hall–Kier alpha value is -3.68. The number of piperazine rings is 1. The predicted octanol–water partition coefficient (Wildman–Crippen LogP) is 2.07. The van der Waals surface area contributed by atoms with Gasteiger partial charge in [0.05, 0.1) is 17.8 Å². The molecule has 1 aliphatic rings. The summed E-state index contributed by atoms with van der Waals surface area (Å²) in [5.41, 5.74) is 1.56. The zero-order valence-electron chi connectivity index (χ0n) is 17.6. The number of aromatic nitrogens is 2. The van der Waals surface area contributed by atoms with Crippen molar-refractivity contribution in [2.45, 2.75) is 6.92 Å². The molecule has 8 heteroatoms. The zero-order valence-corrected chi connectivity index (χ0v) is 17.6. The molecule has 1 aromatic carbocycles. The highest BCUT2D eigenvalue weighted by Crippen LogP contribution is 2.30. The van der Waals surface area contributed by atoms with E-state index in [1.54, 1.807) is 43.4 Å². The Labute approximate surface area is 179 Å². The molecule has 1 amide bonds. The zero-order chi connectivity index (χ0) is 22.0. The lowest BCUT2D eigenvalue weighted by Gasteiger charge is -2.37. The molecular formula is C23H24N4O4. The third-order valence-corrected chi connectivity index (χ3v) is 5.57. The summed E-state index contributed by atoms with van der Waals surface area (Å²) in [5.74, 6) is -0.680. The fraction of sp³-hybridized carbons (Fsp3) is 0.304. The van der Waals surface area contributed by atoms with Crippen LogP contribution >= 0.6 is 0 Å². The number of ether oxygens (including phenoxy) is 1. The first-order valence-electron chi connectivity index (χ1n) is 10.3. The number of hydrogen-bond acceptors (Lipinski definition) is 6. The Morgan fingerprint density at radius 2 is 1.71 bits per heavy atom. The van der Waals surface area contributed by atoms with Crippen molar-refractivity contribution in [3.05, 3.63) is 70.3 Å². The Morgan fingerprint density at radius 3 is 2.39 bits per heavy atom. The van der Waals surface area contributed by atoms with Crippen LogP contribution in [0.25, 0.3) is 10.9 Å². The summed E-state index contributed by atoms with van der Waals surface area (Å²) in [7, 11) is 1.66. The number of nitrogens with zero attached hydrogens (tertiary/aromatic N) is 4. The Bertz CT molecular complexity index is 1180. The number of carbonyl (C=O) groups excluding carboxylic acids is 2. The van der Waals surface area contributed by atoms with E-state index in [1.807, 2.05) is 29.2 Å². The molecule has 3 heterocycles. The molecule has 0 aliphatic carbocycles. The molecule has 31 heavy (non-hydrogen) atoms. The van der Waals surface area contributed by atoms with Crippen LogP contribution in [0.15, 0.2) is 53.6 Å². The van der Waals surface area contributed by atoms with Crippen molar-refractivity contribution in [1.29, 1.82) is 0 Å². The SMILES string of the molecule is CCOC(=O)c1c(N2CCN(C(=O)c3ccncc3)CC2)c2ccccc2n(C)c1=O. The van der Waals surface area contributed by atoms with E-state index >= 15 is 0 Å². The molecule has 1 aliphatic heterocycles. The normalized spacial score (nSPS) is 14.0. The van der Waals surface area contributed by atoms with Crippen LogP contribution in [0, 0.1) is 0 Å². The molecular weight excluding hydrogens is 396 g/mol. The molecule has 0 unspecified atom stereocenters. The maximum atomic E-state index is 13.1. The quantitative estimate of drug-likeness (QED) is 0.601. The summed E-state index contributed by atoms with van der Waals surface area (Å²) in [6.07, 6.45) is 3.20. The Balaban J connectivity index is 1.71. The van der Waals surface area contributed by atoms with Gasteiger partial charge in [0.2, 0.25) is 0 Å². The molecule has 1 saturated heterocycles. The molecule has 0 radical (unpaired) electrons. The van der Waals surface area contributed by atoms with Gasteiger partial charge >= 0.3 is 5.97 Å². The maximum Gasteiger partial charge on any atom is 0.345 e. The lowest BCUT2D eigenvalue weighted by atomic mass is 10.1. The minimum Gasteiger partial charge on any atom is -0.462 e. The van der Waals surface area contributed by atoms with E-state index in [0.29, 0.717) is 37.4 Å². The average Bonchev–Trinajstić information content (AvgIpc) is 2.81. The molecule has 0 N–H and O–H groups in total. The van der Waals surface area contributed by atoms with Gasteiger partial charge in [-0.2, -0.15) is 0 Å². The van der Waals surface area contributed by atoms with E-state index in [2.05, 4.69) is 4.98 Å². The van der Waals surface area contributed by atoms with E-state index < -0.39 is 5.97 Å². The first kappa shape index (κ1) is 20.6. The summed E-state index contributed by atoms with van der Waals surface area (Å²) in [6, 6.07) is 10.9. The van der Waals surface area contributed by atoms with E-state index in [4.69, 9.17) is 4.74 Å². The summed E-state index contributed by atoms with van der Waals surface area (Å²) >= 11 is 0. The fourth-order valence-corrected chi connectivity index (χ4v) is 4.01. The van der Waals surface area contributed by atoms with Crippen LogP contribution in [-0.2, 0) is 11.8 Å². The van der Waals surface area contributed by atoms with Gasteiger partial charge in [-0.3, -0.25) is 14.6 Å². The lowest BCUT2D eigenvalue weighted by Crippen LogP contribution is -2.49. The first-order valence-corrected chi connectivity index (χ1v) is 10.3. The summed E-state index contributed by atoms with van der Waals surface area (Å²) in [5, 5.41) is 0.807. The van der Waals surface area contributed by atoms with E-state index in [-0.39, 0.29) is 23.6 Å². The van der Waals surface area contributed by atoms with Crippen molar-refractivity contribution >= 4 is 28.5 Å². The van der Waals surface area contributed by atoms with Gasteiger partial charge in [-0.15, -0.1) is 0 Å². The van der Waals surface area contributed by atoms with E-state index in [0.717, 1.165) is 10.9 Å². The van der Waals surface area contributed by atoms with Crippen LogP contribution in [0.2, 0.25) is 0 Å². The topological polar surface area (TPSA) is 84.7 Å². The van der Waals surface area contributed by atoms with Crippen molar-refractivity contribution in [3.63, 3.8) is 0 Å². The fourth-order valence-electron chi connectivity index (χ4n) is 4.01. The Kier molecular flexibility index (Phi) is 5.70. The predicted molar refractivity (Wildman–Crippen MR) is 117 cm³/mol. The van der Waals surface area contributed by atoms with Crippen LogP contribution in [0.1, 0.15) is 27.6 Å². The second kappa shape index (κ2) is 8.59. The minimum absolute atomic E-state index is 0.0389. The number of benzene rings is 1. The molecule has 3 aromatic rings. The van der Waals surface area contributed by atoms with Gasteiger partial charge in [0.25, 0.3) is 11.5 Å². The van der Waals surface area contributed by atoms with Gasteiger partial charge in [0, 0.05) is 56.6 Å². The van der Waals surface area contributed by atoms with Gasteiger partial charge in [-0.25, -0.2) is 4.79 Å². The molecule has 4 rings (SSSR count). The molecule has 160 valence electrons. The number of amides is 1. The van der Waals surface area contributed by atoms with Crippen molar-refractivity contribution in [2.75, 3.05) is 37.7 Å². The van der Waals surface area contributed by atoms with Crippen LogP contribution in [0.3, 0.4) is 0 Å². The molecule has 2 aromatic heterocycles. The third kappa shape index (κ3) is 3.76. The van der Waals surface area contributed by atoms with Gasteiger partial charge < -0.3 is 19.1 Å². The summed E-state index contributed by atoms with van der Waals surface area (Å²) < 4.78 is 6.69. The Morgan fingerprint density at radius 1 is 1.03 bits per heavy atom. The second-order valence-corrected chi connectivity index (χ2v) is 7.34. The van der Waals surface area contributed by atoms with Crippen LogP contribution in [0.5, 0.6) is 0 Å². The largest absolute Gasteiger partial charge is 0.462 e. The van der Waals surface area contributed by atoms with Crippen molar-refractivity contribution in [2.24, 2.45) is 7.05 Å². The molecule has 0 saturated carbocycles. The van der Waals surface area contributed by atoms with Crippen LogP contribution in [0.4, 0.5) is 5.69 Å². The number of rotatable bonds is 4. The first-order chi connectivity index (χ1) is 15.0. The highest BCUT2D eigenvalue weighted by Gasteiger charge is 2.29. The molecule has 0 spiro atoms. The number of carbonyl (C=O) groups is 2. The second-order valence-electron chi connectivity index (χ2n) is 7.34. The highest BCUT2D eigenvalue weighted by atomic mass is 16.5. The maximum absolute atomic E-state index is 13.1. The average molecular weight is 420 g/mol. The standard InChI is InChI=1S/C23H24N4O4/c1-3-31-23(30)19-20(17-6-4-5-7-18(17)25(2)22(19)29)26-12-14-27(15-13-26)21(28)16-8-10-24-11-9-16/h4-11H,3,12-15H2,1-2H3. The number of para-hydroxylation sites is 1. The highest BCUT2D eigenvalue weighted by molar-refractivity contribution is 6.05. The molecule has 0 atom stereocenters. The van der Waals surface area contributed by atoms with Gasteiger partial charge in [0.1, 0.15) is 5.56 Å². The number of hydrogen-bond donors (Lipinski definition) is 0. The number of aryl methyl sites for hydroxylation is 1. The lowest BCUT2D eigenvalue weighted by molar-refractivity contribution is 0.0523. The number of anilines is 1. The van der Waals surface area contributed by atoms with Crippen molar-refractivity contribution in [3.8, 4) is 0 Å². The number of pyridine rings is 2. The van der Waals surface area contributed by atoms with Gasteiger partial charge in [-0.1, -0.05) is 18.2 Å². The molecule has 0 bridgehead atoms. The number of esters is 1. The van der Waals surface area contributed by atoms with Gasteiger partial charge in [-0.05, 0) is 25.1 Å². The smallest absolute Gasteiger partial charge is 0.345 e. The molecule has 1 fully saturated rings. The van der Waals surface area contributed by atoms with E-state index in [1.165, 1.54) is 4.57 Å². The van der Waals surface area contributed by atoms with E-state index in [9.17, 15) is 14.4 Å². The van der Waals surface area contributed by atoms with Crippen LogP contribution in [-0.4, -0.2) is 59.1 Å². The molecule has 8 nitrogen and oxygen atoms in total. The number of fused-ring (bicyclic) bond motifs is 1. The van der Waals surface area contributed by atoms with Crippen LogP contribution < -0.4 is 10.5 Å². The van der Waals surface area contributed by atoms with Crippen molar-refractivity contribution < 1.29 is 14.3 Å². The third-order valence-electron chi connectivity index (χ3n) is 5.57. The van der Waals surface area contributed by atoms with Gasteiger partial charge in [0.15, 0.2) is 0 Å². The summed E-state index contributed by atoms with van der Waals surface area (Å²) in [6.45, 7) is 3.86. The summed E-state index contributed by atoms with van der Waals surface area (Å²) in [4.78, 5) is 46.3. The monoisotopic (exact) mass is 420 g/mol. The minimum atomic E-state index is -0.626.